The summed E-state index contributed by atoms with van der Waals surface area (Å²) in [5.41, 5.74) is -0.537. The molecule has 1 heterocycles. The van der Waals surface area contributed by atoms with E-state index < -0.39 is 12.4 Å². The molecule has 0 aromatic carbocycles. The van der Waals surface area contributed by atoms with Crippen molar-refractivity contribution in [1.29, 1.82) is 0 Å². The lowest BCUT2D eigenvalue weighted by molar-refractivity contribution is 0.501. The molecule has 0 N–H and O–H groups in total. The normalized spacial score (nSPS) is 12.0. The highest BCUT2D eigenvalue weighted by atomic mass is 79.9. The lowest BCUT2D eigenvalue weighted by atomic mass is 9.83. The molecule has 1 aromatic heterocycles. The van der Waals surface area contributed by atoms with Crippen molar-refractivity contribution in [3.05, 3.63) is 15.2 Å². The molecular weight excluding hydrogens is 228 g/mol. The summed E-state index contributed by atoms with van der Waals surface area (Å²) in [6.07, 6.45) is 0. The second kappa shape index (κ2) is 2.58. The predicted molar refractivity (Wildman–Crippen MR) is 40.7 cm³/mol. The Hall–Kier alpha value is 0.0349. The van der Waals surface area contributed by atoms with Gasteiger partial charge in [0.15, 0.2) is 0 Å². The van der Waals surface area contributed by atoms with E-state index in [1.807, 2.05) is 0 Å². The SMILES string of the molecule is F[B-](F)(F)c1cscc1Br. The fourth-order valence-corrected chi connectivity index (χ4v) is 2.13. The molecule has 0 aliphatic carbocycles. The average molecular weight is 230 g/mol. The third kappa shape index (κ3) is 1.55. The Bertz CT molecular complexity index is 231. The standard InChI is InChI=1S/C4H2BBrF3S/c6-4-2-10-1-3(4)5(7,8)9/h1-2H/q-1. The molecule has 56 valence electrons. The number of hydrogen-bond donors (Lipinski definition) is 0. The Morgan fingerprint density at radius 1 is 1.30 bits per heavy atom. The maximum absolute atomic E-state index is 11.9. The van der Waals surface area contributed by atoms with Crippen molar-refractivity contribution in [3.63, 3.8) is 0 Å². The van der Waals surface area contributed by atoms with Crippen molar-refractivity contribution < 1.29 is 12.9 Å². The van der Waals surface area contributed by atoms with Crippen LogP contribution in [-0.2, 0) is 0 Å². The summed E-state index contributed by atoms with van der Waals surface area (Å²) in [5.74, 6) is 0. The van der Waals surface area contributed by atoms with Crippen molar-refractivity contribution >= 4 is 39.7 Å². The van der Waals surface area contributed by atoms with Gasteiger partial charge in [-0.05, 0) is 5.38 Å². The molecule has 0 aliphatic rings. The van der Waals surface area contributed by atoms with E-state index in [1.165, 1.54) is 5.38 Å². The van der Waals surface area contributed by atoms with E-state index in [0.29, 0.717) is 0 Å². The number of halogens is 4. The molecule has 0 saturated heterocycles. The van der Waals surface area contributed by atoms with Gasteiger partial charge in [0.1, 0.15) is 0 Å². The molecule has 10 heavy (non-hydrogen) atoms. The summed E-state index contributed by atoms with van der Waals surface area (Å²) in [5, 5.41) is 2.52. The quantitative estimate of drug-likeness (QED) is 0.650. The van der Waals surface area contributed by atoms with Crippen LogP contribution in [0.1, 0.15) is 0 Å². The Kier molecular flexibility index (Phi) is 2.10. The van der Waals surface area contributed by atoms with Crippen molar-refractivity contribution in [3.8, 4) is 0 Å². The van der Waals surface area contributed by atoms with E-state index in [9.17, 15) is 12.9 Å². The first kappa shape index (κ1) is 8.13. The van der Waals surface area contributed by atoms with Crippen molar-refractivity contribution in [2.75, 3.05) is 0 Å². The van der Waals surface area contributed by atoms with E-state index in [1.54, 1.807) is 0 Å². The van der Waals surface area contributed by atoms with Gasteiger partial charge in [-0.2, -0.15) is 11.3 Å². The third-order valence-electron chi connectivity index (χ3n) is 0.995. The first-order valence-electron chi connectivity index (χ1n) is 2.43. The lowest BCUT2D eigenvalue weighted by Gasteiger charge is -2.12. The Balaban J connectivity index is 3.05. The second-order valence-corrected chi connectivity index (χ2v) is 3.35. The monoisotopic (exact) mass is 229 g/mol. The molecule has 0 bridgehead atoms. The minimum absolute atomic E-state index is 0.144. The number of hydrogen-bond acceptors (Lipinski definition) is 1. The van der Waals surface area contributed by atoms with Crippen LogP contribution >= 0.6 is 27.3 Å². The Morgan fingerprint density at radius 2 is 1.90 bits per heavy atom. The molecule has 0 nitrogen and oxygen atoms in total. The molecule has 0 aliphatic heterocycles. The molecule has 0 spiro atoms. The van der Waals surface area contributed by atoms with Gasteiger partial charge in [0, 0.05) is 9.85 Å². The average Bonchev–Trinajstić information content (AvgIpc) is 2.11. The van der Waals surface area contributed by atoms with Gasteiger partial charge in [-0.15, -0.1) is 0 Å². The third-order valence-corrected chi connectivity index (χ3v) is 2.75. The summed E-state index contributed by atoms with van der Waals surface area (Å²) < 4.78 is 35.9. The van der Waals surface area contributed by atoms with Crippen LogP contribution in [0.25, 0.3) is 0 Å². The molecular formula is C4H2BBrF3S-. The van der Waals surface area contributed by atoms with Crippen LogP contribution in [0, 0.1) is 0 Å². The second-order valence-electron chi connectivity index (χ2n) is 1.75. The van der Waals surface area contributed by atoms with Gasteiger partial charge < -0.3 is 12.9 Å². The van der Waals surface area contributed by atoms with Gasteiger partial charge in [-0.25, -0.2) is 0 Å². The van der Waals surface area contributed by atoms with Crippen molar-refractivity contribution in [1.82, 2.24) is 0 Å². The first-order valence-corrected chi connectivity index (χ1v) is 4.17. The molecule has 0 amide bonds. The summed E-state index contributed by atoms with van der Waals surface area (Å²) in [7, 11) is 0. The van der Waals surface area contributed by atoms with E-state index in [-0.39, 0.29) is 4.47 Å². The zero-order chi connectivity index (χ0) is 7.78. The van der Waals surface area contributed by atoms with Crippen LogP contribution in [0.15, 0.2) is 15.2 Å². The molecule has 0 radical (unpaired) electrons. The molecule has 6 heteroatoms. The van der Waals surface area contributed by atoms with Gasteiger partial charge in [0.2, 0.25) is 0 Å². The molecule has 0 saturated carbocycles. The molecule has 1 aromatic rings. The first-order chi connectivity index (χ1) is 4.52. The van der Waals surface area contributed by atoms with Crippen LogP contribution in [0.4, 0.5) is 12.9 Å². The molecule has 0 unspecified atom stereocenters. The van der Waals surface area contributed by atoms with Gasteiger partial charge in [0.05, 0.1) is 0 Å². The van der Waals surface area contributed by atoms with Gasteiger partial charge in [0.25, 0.3) is 0 Å². The fourth-order valence-electron chi connectivity index (χ4n) is 0.525. The van der Waals surface area contributed by atoms with Gasteiger partial charge >= 0.3 is 6.98 Å². The smallest absolute Gasteiger partial charge is 0.445 e. The van der Waals surface area contributed by atoms with Crippen LogP contribution < -0.4 is 5.46 Å². The van der Waals surface area contributed by atoms with Crippen molar-refractivity contribution in [2.45, 2.75) is 0 Å². The topological polar surface area (TPSA) is 0 Å². The minimum Gasteiger partial charge on any atom is -0.445 e. The summed E-state index contributed by atoms with van der Waals surface area (Å²) >= 11 is 3.85. The Morgan fingerprint density at radius 3 is 2.10 bits per heavy atom. The summed E-state index contributed by atoms with van der Waals surface area (Å²) in [6.45, 7) is -4.83. The maximum Gasteiger partial charge on any atom is 0.511 e. The zero-order valence-corrected chi connectivity index (χ0v) is 7.05. The summed E-state index contributed by atoms with van der Waals surface area (Å²) in [6, 6.07) is 0. The zero-order valence-electron chi connectivity index (χ0n) is 4.65. The van der Waals surface area contributed by atoms with E-state index in [0.717, 1.165) is 16.7 Å². The minimum atomic E-state index is -4.83. The molecule has 0 atom stereocenters. The van der Waals surface area contributed by atoms with Crippen molar-refractivity contribution in [2.24, 2.45) is 0 Å². The predicted octanol–water partition coefficient (Wildman–Crippen LogP) is 2.57. The lowest BCUT2D eigenvalue weighted by Crippen LogP contribution is -2.33. The number of rotatable bonds is 1. The highest BCUT2D eigenvalue weighted by molar-refractivity contribution is 9.10. The molecule has 1 rings (SSSR count). The van der Waals surface area contributed by atoms with Crippen LogP contribution in [0.3, 0.4) is 0 Å². The van der Waals surface area contributed by atoms with E-state index in [4.69, 9.17) is 0 Å². The highest BCUT2D eigenvalue weighted by Gasteiger charge is 2.28. The van der Waals surface area contributed by atoms with Gasteiger partial charge in [-0.1, -0.05) is 21.4 Å². The van der Waals surface area contributed by atoms with Crippen LogP contribution in [0.5, 0.6) is 0 Å². The largest absolute Gasteiger partial charge is 0.511 e. The van der Waals surface area contributed by atoms with Gasteiger partial charge in [-0.3, -0.25) is 0 Å². The van der Waals surface area contributed by atoms with Crippen LogP contribution in [-0.4, -0.2) is 6.98 Å². The Labute approximate surface area is 68.2 Å². The summed E-state index contributed by atoms with van der Waals surface area (Å²) in [4.78, 5) is 0. The maximum atomic E-state index is 11.9. The fraction of sp³-hybridized carbons (Fsp3) is 0. The van der Waals surface area contributed by atoms with E-state index in [2.05, 4.69) is 15.9 Å². The number of thiophene rings is 1. The molecule has 0 fully saturated rings. The van der Waals surface area contributed by atoms with Crippen LogP contribution in [0.2, 0.25) is 0 Å². The highest BCUT2D eigenvalue weighted by Crippen LogP contribution is 2.19. The van der Waals surface area contributed by atoms with E-state index >= 15 is 0 Å².